The minimum atomic E-state index is -0.0124. The van der Waals surface area contributed by atoms with Gasteiger partial charge in [0.15, 0.2) is 0 Å². The molecule has 0 saturated carbocycles. The average molecular weight is 400 g/mol. The van der Waals surface area contributed by atoms with Crippen LogP contribution in [0, 0.1) is 5.92 Å². The van der Waals surface area contributed by atoms with Crippen molar-refractivity contribution in [3.8, 4) is 11.3 Å². The second-order valence-corrected chi connectivity index (χ2v) is 7.90. The number of para-hydroxylation sites is 2. The largest absolute Gasteiger partial charge is 0.342 e. The van der Waals surface area contributed by atoms with Crippen LogP contribution in [0.1, 0.15) is 12.8 Å². The lowest BCUT2D eigenvalue weighted by atomic mass is 9.97. The molecule has 3 aromatic heterocycles. The van der Waals surface area contributed by atoms with Crippen molar-refractivity contribution in [1.29, 1.82) is 0 Å². The zero-order valence-electron chi connectivity index (χ0n) is 17.0. The first kappa shape index (κ1) is 18.5. The van der Waals surface area contributed by atoms with Gasteiger partial charge in [0, 0.05) is 50.7 Å². The number of nitrogens with zero attached hydrogens (tertiary/aromatic N) is 6. The Kier molecular flexibility index (Phi) is 4.78. The fourth-order valence-electron chi connectivity index (χ4n) is 4.24. The summed E-state index contributed by atoms with van der Waals surface area (Å²) in [6.07, 6.45) is 7.16. The van der Waals surface area contributed by atoms with Gasteiger partial charge in [0.25, 0.3) is 5.56 Å². The van der Waals surface area contributed by atoms with Crippen molar-refractivity contribution in [2.24, 2.45) is 13.0 Å². The highest BCUT2D eigenvalue weighted by atomic mass is 16.1. The zero-order valence-corrected chi connectivity index (χ0v) is 17.0. The molecule has 152 valence electrons. The molecule has 7 heteroatoms. The number of hydrogen-bond donors (Lipinski definition) is 0. The van der Waals surface area contributed by atoms with E-state index in [9.17, 15) is 4.79 Å². The molecule has 1 aromatic carbocycles. The van der Waals surface area contributed by atoms with E-state index in [1.807, 2.05) is 24.3 Å². The van der Waals surface area contributed by atoms with Gasteiger partial charge in [-0.25, -0.2) is 9.97 Å². The lowest BCUT2D eigenvalue weighted by molar-refractivity contribution is 0.348. The molecule has 0 unspecified atom stereocenters. The number of benzene rings is 1. The first-order valence-corrected chi connectivity index (χ1v) is 10.3. The summed E-state index contributed by atoms with van der Waals surface area (Å²) in [6.45, 7) is 2.59. The molecule has 4 heterocycles. The molecule has 1 aliphatic rings. The van der Waals surface area contributed by atoms with Gasteiger partial charge in [-0.2, -0.15) is 0 Å². The Morgan fingerprint density at radius 2 is 1.93 bits per heavy atom. The van der Waals surface area contributed by atoms with Gasteiger partial charge in [-0.15, -0.1) is 0 Å². The Morgan fingerprint density at radius 3 is 2.67 bits per heavy atom. The number of hydrogen-bond acceptors (Lipinski definition) is 5. The van der Waals surface area contributed by atoms with Crippen LogP contribution in [0.3, 0.4) is 0 Å². The van der Waals surface area contributed by atoms with Crippen LogP contribution in [0.4, 0.5) is 5.95 Å². The van der Waals surface area contributed by atoms with E-state index in [0.29, 0.717) is 18.2 Å². The topological polar surface area (TPSA) is 68.8 Å². The maximum atomic E-state index is 12.6. The number of fused-ring (bicyclic) bond motifs is 1. The first-order valence-electron chi connectivity index (χ1n) is 10.3. The van der Waals surface area contributed by atoms with E-state index in [4.69, 9.17) is 4.98 Å². The van der Waals surface area contributed by atoms with Crippen LogP contribution in [-0.2, 0) is 13.6 Å². The van der Waals surface area contributed by atoms with Crippen LogP contribution in [0.2, 0.25) is 0 Å². The second-order valence-electron chi connectivity index (χ2n) is 7.90. The number of aryl methyl sites for hydroxylation is 1. The van der Waals surface area contributed by atoms with Crippen molar-refractivity contribution in [1.82, 2.24) is 24.1 Å². The molecule has 7 nitrogen and oxygen atoms in total. The fraction of sp³-hybridized carbons (Fsp3) is 0.304. The SMILES string of the molecule is Cn1c(N2CCC(Cn3cnc(-c4cccnc4)cc3=O)CC2)nc2ccccc21. The number of pyridine rings is 1. The molecular weight excluding hydrogens is 376 g/mol. The van der Waals surface area contributed by atoms with Gasteiger partial charge in [-0.1, -0.05) is 12.1 Å². The monoisotopic (exact) mass is 400 g/mol. The third-order valence-corrected chi connectivity index (χ3v) is 5.95. The highest BCUT2D eigenvalue weighted by molar-refractivity contribution is 5.78. The molecule has 1 fully saturated rings. The summed E-state index contributed by atoms with van der Waals surface area (Å²) < 4.78 is 3.90. The number of piperidine rings is 1. The average Bonchev–Trinajstić information content (AvgIpc) is 3.13. The minimum absolute atomic E-state index is 0.0124. The molecule has 5 rings (SSSR count). The third-order valence-electron chi connectivity index (χ3n) is 5.95. The Hall–Kier alpha value is -3.48. The molecule has 0 radical (unpaired) electrons. The van der Waals surface area contributed by atoms with E-state index in [1.54, 1.807) is 29.4 Å². The number of imidazole rings is 1. The van der Waals surface area contributed by atoms with E-state index in [1.165, 1.54) is 0 Å². The molecule has 1 aliphatic heterocycles. The summed E-state index contributed by atoms with van der Waals surface area (Å²) in [5, 5.41) is 0. The van der Waals surface area contributed by atoms with Gasteiger partial charge < -0.3 is 9.47 Å². The molecular formula is C23H24N6O. The van der Waals surface area contributed by atoms with Gasteiger partial charge in [-0.05, 0) is 43.0 Å². The van der Waals surface area contributed by atoms with E-state index < -0.39 is 0 Å². The van der Waals surface area contributed by atoms with Crippen molar-refractivity contribution in [3.05, 3.63) is 71.5 Å². The molecule has 0 spiro atoms. The maximum absolute atomic E-state index is 12.6. The predicted octanol–water partition coefficient (Wildman–Crippen LogP) is 3.11. The van der Waals surface area contributed by atoms with Gasteiger partial charge in [0.2, 0.25) is 5.95 Å². The van der Waals surface area contributed by atoms with E-state index in [2.05, 4.69) is 38.6 Å². The summed E-state index contributed by atoms with van der Waals surface area (Å²) in [4.78, 5) is 28.3. The van der Waals surface area contributed by atoms with Gasteiger partial charge >= 0.3 is 0 Å². The van der Waals surface area contributed by atoms with Crippen molar-refractivity contribution in [2.45, 2.75) is 19.4 Å². The lowest BCUT2D eigenvalue weighted by Gasteiger charge is -2.32. The number of aromatic nitrogens is 5. The van der Waals surface area contributed by atoms with Crippen LogP contribution in [0.15, 0.2) is 66.0 Å². The fourth-order valence-corrected chi connectivity index (χ4v) is 4.24. The van der Waals surface area contributed by atoms with E-state index >= 15 is 0 Å². The van der Waals surface area contributed by atoms with E-state index in [-0.39, 0.29) is 5.56 Å². The maximum Gasteiger partial charge on any atom is 0.253 e. The number of anilines is 1. The first-order chi connectivity index (χ1) is 14.7. The Morgan fingerprint density at radius 1 is 1.10 bits per heavy atom. The summed E-state index contributed by atoms with van der Waals surface area (Å²) in [7, 11) is 2.08. The smallest absolute Gasteiger partial charge is 0.253 e. The second kappa shape index (κ2) is 7.74. The van der Waals surface area contributed by atoms with Gasteiger partial charge in [-0.3, -0.25) is 14.3 Å². The molecule has 0 aliphatic carbocycles. The van der Waals surface area contributed by atoms with Crippen molar-refractivity contribution >= 4 is 17.0 Å². The molecule has 0 amide bonds. The standard InChI is InChI=1S/C23H24N6O/c1-27-21-7-3-2-6-19(21)26-23(27)28-11-8-17(9-12-28)15-29-16-25-20(13-22(29)30)18-5-4-10-24-14-18/h2-7,10,13-14,16-17H,8-9,11-12,15H2,1H3. The minimum Gasteiger partial charge on any atom is -0.342 e. The Bertz CT molecular complexity index is 1220. The van der Waals surface area contributed by atoms with Crippen LogP contribution in [-0.4, -0.2) is 37.2 Å². The summed E-state index contributed by atoms with van der Waals surface area (Å²) in [6, 6.07) is 13.6. The quantitative estimate of drug-likeness (QED) is 0.527. The Balaban J connectivity index is 1.26. The molecule has 0 atom stereocenters. The normalized spacial score (nSPS) is 15.0. The van der Waals surface area contributed by atoms with Gasteiger partial charge in [0.1, 0.15) is 0 Å². The highest BCUT2D eigenvalue weighted by Gasteiger charge is 2.23. The molecule has 1 saturated heterocycles. The van der Waals surface area contributed by atoms with Crippen molar-refractivity contribution in [3.63, 3.8) is 0 Å². The Labute approximate surface area is 174 Å². The molecule has 0 N–H and O–H groups in total. The third kappa shape index (κ3) is 3.47. The molecule has 4 aromatic rings. The van der Waals surface area contributed by atoms with E-state index in [0.717, 1.165) is 48.5 Å². The highest BCUT2D eigenvalue weighted by Crippen LogP contribution is 2.26. The predicted molar refractivity (Wildman–Crippen MR) is 117 cm³/mol. The number of rotatable bonds is 4. The van der Waals surface area contributed by atoms with Crippen LogP contribution < -0.4 is 10.5 Å². The summed E-state index contributed by atoms with van der Waals surface area (Å²) in [5.41, 5.74) is 3.70. The van der Waals surface area contributed by atoms with Crippen LogP contribution in [0.25, 0.3) is 22.3 Å². The van der Waals surface area contributed by atoms with Gasteiger partial charge in [0.05, 0.1) is 23.1 Å². The molecule has 0 bridgehead atoms. The lowest BCUT2D eigenvalue weighted by Crippen LogP contribution is -2.37. The van der Waals surface area contributed by atoms with Crippen molar-refractivity contribution in [2.75, 3.05) is 18.0 Å². The van der Waals surface area contributed by atoms with Crippen molar-refractivity contribution < 1.29 is 0 Å². The zero-order chi connectivity index (χ0) is 20.5. The van der Waals surface area contributed by atoms with Crippen LogP contribution in [0.5, 0.6) is 0 Å². The molecule has 30 heavy (non-hydrogen) atoms. The summed E-state index contributed by atoms with van der Waals surface area (Å²) >= 11 is 0. The summed E-state index contributed by atoms with van der Waals surface area (Å²) in [5.74, 6) is 1.48. The van der Waals surface area contributed by atoms with Crippen LogP contribution >= 0.6 is 0 Å².